The van der Waals surface area contributed by atoms with Gasteiger partial charge in [0.1, 0.15) is 0 Å². The molecule has 0 aliphatic rings. The van der Waals surface area contributed by atoms with Gasteiger partial charge in [-0.3, -0.25) is 4.98 Å². The number of rotatable bonds is 8. The molecule has 0 radical (unpaired) electrons. The predicted molar refractivity (Wildman–Crippen MR) is 91.3 cm³/mol. The van der Waals surface area contributed by atoms with E-state index in [0.29, 0.717) is 13.2 Å². The molecule has 0 saturated heterocycles. The van der Waals surface area contributed by atoms with Crippen LogP contribution in [0.1, 0.15) is 24.5 Å². The molecule has 0 bridgehead atoms. The minimum atomic E-state index is 0.676. The number of nitrogens with one attached hydrogen (secondary N) is 1. The number of pyridine rings is 1. The lowest BCUT2D eigenvalue weighted by atomic mass is 10.1. The van der Waals surface area contributed by atoms with E-state index >= 15 is 0 Å². The molecule has 0 unspecified atom stereocenters. The first-order chi connectivity index (χ1) is 10.7. The molecule has 0 amide bonds. The predicted octanol–water partition coefficient (Wildman–Crippen LogP) is 3.93. The van der Waals surface area contributed by atoms with Gasteiger partial charge in [0, 0.05) is 35.5 Å². The number of halogens is 1. The lowest BCUT2D eigenvalue weighted by molar-refractivity contribution is 0.290. The molecular weight excluding hydrogens is 344 g/mol. The van der Waals surface area contributed by atoms with Crippen LogP contribution < -0.4 is 14.8 Å². The third kappa shape index (κ3) is 4.71. The second-order valence-electron chi connectivity index (χ2n) is 4.90. The lowest BCUT2D eigenvalue weighted by Crippen LogP contribution is -2.14. The van der Waals surface area contributed by atoms with Crippen molar-refractivity contribution in [2.45, 2.75) is 26.4 Å². The molecule has 0 aliphatic carbocycles. The van der Waals surface area contributed by atoms with Crippen LogP contribution in [-0.2, 0) is 13.1 Å². The molecule has 0 fully saturated rings. The van der Waals surface area contributed by atoms with Crippen LogP contribution in [-0.4, -0.2) is 18.7 Å². The van der Waals surface area contributed by atoms with Crippen molar-refractivity contribution in [1.29, 1.82) is 0 Å². The van der Waals surface area contributed by atoms with E-state index in [4.69, 9.17) is 9.47 Å². The molecule has 4 nitrogen and oxygen atoms in total. The van der Waals surface area contributed by atoms with Crippen LogP contribution in [0.3, 0.4) is 0 Å². The minimum Gasteiger partial charge on any atom is -0.493 e. The molecule has 0 aliphatic heterocycles. The van der Waals surface area contributed by atoms with Gasteiger partial charge in [-0.1, -0.05) is 22.9 Å². The fraction of sp³-hybridized carbons (Fsp3) is 0.353. The molecule has 0 saturated carbocycles. The van der Waals surface area contributed by atoms with Crippen molar-refractivity contribution in [3.8, 4) is 11.5 Å². The molecule has 118 valence electrons. The summed E-state index contributed by atoms with van der Waals surface area (Å²) in [5, 5.41) is 3.43. The van der Waals surface area contributed by atoms with E-state index in [1.165, 1.54) is 5.56 Å². The Kier molecular flexibility index (Phi) is 6.68. The van der Waals surface area contributed by atoms with E-state index < -0.39 is 0 Å². The van der Waals surface area contributed by atoms with Crippen molar-refractivity contribution in [2.24, 2.45) is 0 Å². The number of aromatic nitrogens is 1. The van der Waals surface area contributed by atoms with Gasteiger partial charge in [0.25, 0.3) is 0 Å². The van der Waals surface area contributed by atoms with Gasteiger partial charge in [-0.05, 0) is 36.2 Å². The van der Waals surface area contributed by atoms with E-state index in [2.05, 4.69) is 39.2 Å². The summed E-state index contributed by atoms with van der Waals surface area (Å²) >= 11 is 3.52. The number of hydrogen-bond donors (Lipinski definition) is 1. The Hall–Kier alpha value is -1.59. The van der Waals surface area contributed by atoms with Crippen LogP contribution in [0.5, 0.6) is 11.5 Å². The summed E-state index contributed by atoms with van der Waals surface area (Å²) < 4.78 is 12.3. The Morgan fingerprint density at radius 1 is 1.18 bits per heavy atom. The summed E-state index contributed by atoms with van der Waals surface area (Å²) in [6.07, 6.45) is 4.56. The smallest absolute Gasteiger partial charge is 0.165 e. The Labute approximate surface area is 140 Å². The fourth-order valence-corrected chi connectivity index (χ4v) is 2.60. The van der Waals surface area contributed by atoms with Gasteiger partial charge in [-0.25, -0.2) is 0 Å². The zero-order valence-corrected chi connectivity index (χ0v) is 14.5. The quantitative estimate of drug-likeness (QED) is 0.770. The molecule has 1 aromatic carbocycles. The molecule has 1 N–H and O–H groups in total. The summed E-state index contributed by atoms with van der Waals surface area (Å²) in [5.41, 5.74) is 2.28. The van der Waals surface area contributed by atoms with Crippen LogP contribution in [0.4, 0.5) is 0 Å². The zero-order chi connectivity index (χ0) is 15.8. The van der Waals surface area contributed by atoms with Gasteiger partial charge >= 0.3 is 0 Å². The summed E-state index contributed by atoms with van der Waals surface area (Å²) in [4.78, 5) is 4.02. The number of methoxy groups -OCH3 is 1. The van der Waals surface area contributed by atoms with E-state index in [1.54, 1.807) is 19.5 Å². The SMILES string of the molecule is CCCOc1c(CNCc2ccncc2)cc(Br)cc1OC. The monoisotopic (exact) mass is 364 g/mol. The van der Waals surface area contributed by atoms with Crippen molar-refractivity contribution in [3.63, 3.8) is 0 Å². The van der Waals surface area contributed by atoms with Gasteiger partial charge in [0.05, 0.1) is 13.7 Å². The van der Waals surface area contributed by atoms with E-state index in [-0.39, 0.29) is 0 Å². The molecule has 0 atom stereocenters. The highest BCUT2D eigenvalue weighted by Gasteiger charge is 2.12. The number of hydrogen-bond acceptors (Lipinski definition) is 4. The van der Waals surface area contributed by atoms with Crippen molar-refractivity contribution < 1.29 is 9.47 Å². The van der Waals surface area contributed by atoms with Crippen LogP contribution in [0.15, 0.2) is 41.1 Å². The van der Waals surface area contributed by atoms with E-state index in [0.717, 1.165) is 34.5 Å². The van der Waals surface area contributed by atoms with Crippen LogP contribution in [0.2, 0.25) is 0 Å². The first-order valence-electron chi connectivity index (χ1n) is 7.33. The van der Waals surface area contributed by atoms with Crippen LogP contribution in [0, 0.1) is 0 Å². The maximum atomic E-state index is 5.87. The van der Waals surface area contributed by atoms with Crippen molar-refractivity contribution >= 4 is 15.9 Å². The third-order valence-corrected chi connectivity index (χ3v) is 3.62. The summed E-state index contributed by atoms with van der Waals surface area (Å²) in [7, 11) is 1.66. The Bertz CT molecular complexity index is 591. The van der Waals surface area contributed by atoms with Gasteiger partial charge in [-0.15, -0.1) is 0 Å². The van der Waals surface area contributed by atoms with Crippen LogP contribution in [0.25, 0.3) is 0 Å². The van der Waals surface area contributed by atoms with Gasteiger partial charge in [-0.2, -0.15) is 0 Å². The van der Waals surface area contributed by atoms with Crippen molar-refractivity contribution in [2.75, 3.05) is 13.7 Å². The average molecular weight is 365 g/mol. The molecule has 22 heavy (non-hydrogen) atoms. The topological polar surface area (TPSA) is 43.4 Å². The standard InChI is InChI=1S/C17H21BrN2O2/c1-3-8-22-17-14(9-15(18)10-16(17)21-2)12-20-11-13-4-6-19-7-5-13/h4-7,9-10,20H,3,8,11-12H2,1-2H3. The van der Waals surface area contributed by atoms with E-state index in [9.17, 15) is 0 Å². The van der Waals surface area contributed by atoms with Crippen LogP contribution >= 0.6 is 15.9 Å². The highest BCUT2D eigenvalue weighted by atomic mass is 79.9. The van der Waals surface area contributed by atoms with Gasteiger partial charge in [0.2, 0.25) is 0 Å². The highest BCUT2D eigenvalue weighted by molar-refractivity contribution is 9.10. The summed E-state index contributed by atoms with van der Waals surface area (Å²) in [5.74, 6) is 1.57. The van der Waals surface area contributed by atoms with E-state index in [1.807, 2.05) is 18.2 Å². The summed E-state index contributed by atoms with van der Waals surface area (Å²) in [6.45, 7) is 4.25. The lowest BCUT2D eigenvalue weighted by Gasteiger charge is -2.16. The summed E-state index contributed by atoms with van der Waals surface area (Å²) in [6, 6.07) is 8.00. The number of benzene rings is 1. The normalized spacial score (nSPS) is 10.5. The molecule has 1 heterocycles. The Morgan fingerprint density at radius 3 is 2.64 bits per heavy atom. The molecule has 2 rings (SSSR count). The first-order valence-corrected chi connectivity index (χ1v) is 8.12. The second-order valence-corrected chi connectivity index (χ2v) is 5.82. The maximum Gasteiger partial charge on any atom is 0.165 e. The Morgan fingerprint density at radius 2 is 1.95 bits per heavy atom. The fourth-order valence-electron chi connectivity index (χ4n) is 2.12. The zero-order valence-electron chi connectivity index (χ0n) is 12.9. The average Bonchev–Trinajstić information content (AvgIpc) is 2.54. The molecule has 2 aromatic rings. The highest BCUT2D eigenvalue weighted by Crippen LogP contribution is 2.35. The van der Waals surface area contributed by atoms with Gasteiger partial charge in [0.15, 0.2) is 11.5 Å². The Balaban J connectivity index is 2.09. The molecule has 0 spiro atoms. The largest absolute Gasteiger partial charge is 0.493 e. The molecule has 1 aromatic heterocycles. The van der Waals surface area contributed by atoms with Crippen molar-refractivity contribution in [1.82, 2.24) is 10.3 Å². The number of ether oxygens (including phenoxy) is 2. The second kappa shape index (κ2) is 8.76. The third-order valence-electron chi connectivity index (χ3n) is 3.16. The molecule has 5 heteroatoms. The minimum absolute atomic E-state index is 0.676. The molecular formula is C17H21BrN2O2. The van der Waals surface area contributed by atoms with Gasteiger partial charge < -0.3 is 14.8 Å². The first kappa shape index (κ1) is 16.8. The maximum absolute atomic E-state index is 5.87. The van der Waals surface area contributed by atoms with Crippen molar-refractivity contribution in [3.05, 3.63) is 52.3 Å². The number of nitrogens with zero attached hydrogens (tertiary/aromatic N) is 1.